The summed E-state index contributed by atoms with van der Waals surface area (Å²) in [6.07, 6.45) is 5.05. The summed E-state index contributed by atoms with van der Waals surface area (Å²) in [4.78, 5) is 40.3. The molecule has 43 heavy (non-hydrogen) atoms. The first-order valence-corrected chi connectivity index (χ1v) is 14.8. The number of aromatic nitrogens is 5. The summed E-state index contributed by atoms with van der Waals surface area (Å²) in [6.45, 7) is 7.32. The highest BCUT2D eigenvalue weighted by Crippen LogP contribution is 2.26. The topological polar surface area (TPSA) is 121 Å². The lowest BCUT2D eigenvalue weighted by Crippen LogP contribution is -2.44. The number of carbonyl (C=O) groups excluding carboxylic acids is 1. The molecule has 0 bridgehead atoms. The molecule has 2 N–H and O–H groups in total. The quantitative estimate of drug-likeness (QED) is 0.285. The van der Waals surface area contributed by atoms with Crippen LogP contribution in [-0.2, 0) is 22.4 Å². The molecule has 1 aromatic carbocycles. The van der Waals surface area contributed by atoms with Gasteiger partial charge in [-0.05, 0) is 61.9 Å². The average Bonchev–Trinajstić information content (AvgIpc) is 3.42. The van der Waals surface area contributed by atoms with Gasteiger partial charge in [0.1, 0.15) is 29.3 Å². The summed E-state index contributed by atoms with van der Waals surface area (Å²) in [7, 11) is 2.06. The standard InChI is InChI=1S/C32H37N9O2/c1-22-4-3-5-26(36-22)32-35-12-9-29(39-32)37-28-8-11-34-30(38-28)19-23-6-7-27(41-16-13-33-14-17-41)24(18-23)20-31(42)43-25-10-15-40(2)21-25/h3-9,11-12,18,25,33H,10,13-17,19-21H2,1-2H3,(H,34,35,37,38,39)/t25-/m1/s1. The van der Waals surface area contributed by atoms with Gasteiger partial charge in [0.05, 0.1) is 6.42 Å². The van der Waals surface area contributed by atoms with Crippen LogP contribution >= 0.6 is 0 Å². The molecule has 0 unspecified atom stereocenters. The van der Waals surface area contributed by atoms with E-state index < -0.39 is 0 Å². The number of benzene rings is 1. The second-order valence-electron chi connectivity index (χ2n) is 11.1. The maximum absolute atomic E-state index is 13.0. The van der Waals surface area contributed by atoms with Crippen molar-refractivity contribution in [2.45, 2.75) is 32.3 Å². The van der Waals surface area contributed by atoms with Crippen molar-refractivity contribution in [3.05, 3.63) is 83.6 Å². The molecule has 0 aliphatic carbocycles. The van der Waals surface area contributed by atoms with E-state index in [1.807, 2.05) is 31.2 Å². The first-order valence-electron chi connectivity index (χ1n) is 14.8. The number of hydrogen-bond donors (Lipinski definition) is 2. The number of anilines is 3. The maximum Gasteiger partial charge on any atom is 0.310 e. The Labute approximate surface area is 251 Å². The number of likely N-dealkylation sites (tertiary alicyclic amines) is 1. The molecule has 1 atom stereocenters. The summed E-state index contributed by atoms with van der Waals surface area (Å²) in [6, 6.07) is 15.7. The highest BCUT2D eigenvalue weighted by Gasteiger charge is 2.24. The van der Waals surface area contributed by atoms with E-state index in [2.05, 4.69) is 65.6 Å². The Morgan fingerprint density at radius 2 is 1.81 bits per heavy atom. The molecule has 0 saturated carbocycles. The first kappa shape index (κ1) is 28.6. The summed E-state index contributed by atoms with van der Waals surface area (Å²) in [5, 5.41) is 6.68. The molecule has 0 amide bonds. The van der Waals surface area contributed by atoms with Crippen molar-refractivity contribution < 1.29 is 9.53 Å². The smallest absolute Gasteiger partial charge is 0.310 e. The van der Waals surface area contributed by atoms with Crippen LogP contribution in [0.15, 0.2) is 60.9 Å². The van der Waals surface area contributed by atoms with Gasteiger partial charge in [0.2, 0.25) is 0 Å². The van der Waals surface area contributed by atoms with Gasteiger partial charge in [0, 0.05) is 69.5 Å². The predicted octanol–water partition coefficient (Wildman–Crippen LogP) is 3.17. The Morgan fingerprint density at radius 1 is 1.00 bits per heavy atom. The van der Waals surface area contributed by atoms with Crippen LogP contribution < -0.4 is 15.5 Å². The Balaban J connectivity index is 1.18. The van der Waals surface area contributed by atoms with Crippen LogP contribution in [0.1, 0.15) is 29.1 Å². The second kappa shape index (κ2) is 13.2. The lowest BCUT2D eigenvalue weighted by atomic mass is 10.0. The van der Waals surface area contributed by atoms with Gasteiger partial charge in [-0.2, -0.15) is 0 Å². The van der Waals surface area contributed by atoms with Crippen LogP contribution in [0.5, 0.6) is 0 Å². The number of carbonyl (C=O) groups is 1. The zero-order valence-corrected chi connectivity index (χ0v) is 24.7. The molecule has 2 fully saturated rings. The minimum atomic E-state index is -0.179. The van der Waals surface area contributed by atoms with Crippen molar-refractivity contribution in [3.63, 3.8) is 0 Å². The highest BCUT2D eigenvalue weighted by molar-refractivity contribution is 5.76. The molecule has 222 valence electrons. The van der Waals surface area contributed by atoms with Crippen molar-refractivity contribution in [2.75, 3.05) is 56.5 Å². The molecule has 4 aromatic rings. The van der Waals surface area contributed by atoms with Crippen LogP contribution in [0.2, 0.25) is 0 Å². The minimum Gasteiger partial charge on any atom is -0.461 e. The van der Waals surface area contributed by atoms with Crippen LogP contribution in [0, 0.1) is 6.92 Å². The molecule has 6 rings (SSSR count). The summed E-state index contributed by atoms with van der Waals surface area (Å²) in [5.74, 6) is 2.28. The van der Waals surface area contributed by atoms with Gasteiger partial charge >= 0.3 is 5.97 Å². The molecular weight excluding hydrogens is 542 g/mol. The van der Waals surface area contributed by atoms with Gasteiger partial charge in [-0.1, -0.05) is 18.2 Å². The van der Waals surface area contributed by atoms with Crippen LogP contribution in [0.3, 0.4) is 0 Å². The third-order valence-electron chi connectivity index (χ3n) is 7.68. The third-order valence-corrected chi connectivity index (χ3v) is 7.68. The van der Waals surface area contributed by atoms with E-state index >= 15 is 0 Å². The van der Waals surface area contributed by atoms with Crippen molar-refractivity contribution in [2.24, 2.45) is 0 Å². The second-order valence-corrected chi connectivity index (χ2v) is 11.1. The normalized spacial score (nSPS) is 17.2. The maximum atomic E-state index is 13.0. The number of hydrogen-bond acceptors (Lipinski definition) is 11. The van der Waals surface area contributed by atoms with Gasteiger partial charge < -0.3 is 25.2 Å². The van der Waals surface area contributed by atoms with Crippen molar-refractivity contribution in [1.82, 2.24) is 35.1 Å². The number of piperazine rings is 1. The molecule has 2 aliphatic heterocycles. The average molecular weight is 580 g/mol. The number of aryl methyl sites for hydroxylation is 1. The molecule has 11 nitrogen and oxygen atoms in total. The van der Waals surface area contributed by atoms with Gasteiger partial charge in [-0.15, -0.1) is 0 Å². The van der Waals surface area contributed by atoms with E-state index in [0.29, 0.717) is 35.4 Å². The van der Waals surface area contributed by atoms with Crippen LogP contribution in [0.4, 0.5) is 17.3 Å². The van der Waals surface area contributed by atoms with Gasteiger partial charge in [0.25, 0.3) is 0 Å². The SMILES string of the molecule is Cc1cccc(-c2nccc(Nc3ccnc(Cc4ccc(N5CCNCC5)c(CC(=O)O[C@@H]5CCN(C)C5)c4)n3)n2)n1. The number of nitrogens with zero attached hydrogens (tertiary/aromatic N) is 7. The number of nitrogens with one attached hydrogen (secondary N) is 2. The van der Waals surface area contributed by atoms with Gasteiger partial charge in [-0.25, -0.2) is 24.9 Å². The van der Waals surface area contributed by atoms with Gasteiger partial charge in [0.15, 0.2) is 5.82 Å². The fourth-order valence-electron chi connectivity index (χ4n) is 5.57. The lowest BCUT2D eigenvalue weighted by Gasteiger charge is -2.31. The molecule has 2 aliphatic rings. The van der Waals surface area contributed by atoms with Crippen LogP contribution in [0.25, 0.3) is 11.5 Å². The lowest BCUT2D eigenvalue weighted by molar-refractivity contribution is -0.147. The summed E-state index contributed by atoms with van der Waals surface area (Å²) < 4.78 is 5.84. The number of likely N-dealkylation sites (N-methyl/N-ethyl adjacent to an activating group) is 1. The Kier molecular flexibility index (Phi) is 8.80. The Morgan fingerprint density at radius 3 is 2.60 bits per heavy atom. The molecule has 5 heterocycles. The van der Waals surface area contributed by atoms with E-state index in [9.17, 15) is 4.79 Å². The molecule has 0 spiro atoms. The fourth-order valence-corrected chi connectivity index (χ4v) is 5.57. The Bertz CT molecular complexity index is 1570. The van der Waals surface area contributed by atoms with Crippen LogP contribution in [-0.4, -0.2) is 88.2 Å². The minimum absolute atomic E-state index is 0.0361. The van der Waals surface area contributed by atoms with E-state index in [0.717, 1.165) is 68.2 Å². The van der Waals surface area contributed by atoms with Crippen molar-refractivity contribution in [3.8, 4) is 11.5 Å². The zero-order chi connectivity index (χ0) is 29.6. The molecular formula is C32H37N9O2. The van der Waals surface area contributed by atoms with E-state index in [-0.39, 0.29) is 18.5 Å². The first-order chi connectivity index (χ1) is 21.0. The number of rotatable bonds is 9. The molecule has 11 heteroatoms. The largest absolute Gasteiger partial charge is 0.461 e. The summed E-state index contributed by atoms with van der Waals surface area (Å²) in [5.41, 5.74) is 4.72. The number of esters is 1. The fraction of sp³-hybridized carbons (Fsp3) is 0.375. The molecule has 2 saturated heterocycles. The molecule has 0 radical (unpaired) electrons. The summed E-state index contributed by atoms with van der Waals surface area (Å²) >= 11 is 0. The van der Waals surface area contributed by atoms with Crippen molar-refractivity contribution in [1.29, 1.82) is 0 Å². The van der Waals surface area contributed by atoms with Crippen molar-refractivity contribution >= 4 is 23.3 Å². The van der Waals surface area contributed by atoms with Gasteiger partial charge in [-0.3, -0.25) is 4.79 Å². The zero-order valence-electron chi connectivity index (χ0n) is 24.7. The number of ether oxygens (including phenoxy) is 1. The highest BCUT2D eigenvalue weighted by atomic mass is 16.5. The molecule has 3 aromatic heterocycles. The van der Waals surface area contributed by atoms with E-state index in [1.165, 1.54) is 0 Å². The Hall–Kier alpha value is -4.48. The third kappa shape index (κ3) is 7.49. The monoisotopic (exact) mass is 579 g/mol. The predicted molar refractivity (Wildman–Crippen MR) is 165 cm³/mol. The number of pyridine rings is 1. The van der Waals surface area contributed by atoms with E-state index in [4.69, 9.17) is 9.72 Å². The van der Waals surface area contributed by atoms with E-state index in [1.54, 1.807) is 18.5 Å².